The predicted molar refractivity (Wildman–Crippen MR) is 120 cm³/mol. The number of nitrogens with one attached hydrogen (secondary N) is 1. The van der Waals surface area contributed by atoms with Crippen molar-refractivity contribution in [3.63, 3.8) is 0 Å². The summed E-state index contributed by atoms with van der Waals surface area (Å²) in [5.74, 6) is -1.04. The van der Waals surface area contributed by atoms with Crippen LogP contribution in [-0.2, 0) is 21.2 Å². The summed E-state index contributed by atoms with van der Waals surface area (Å²) in [6.45, 7) is 3.07. The van der Waals surface area contributed by atoms with Gasteiger partial charge in [-0.3, -0.25) is 24.8 Å². The maximum atomic E-state index is 12.6. The van der Waals surface area contributed by atoms with E-state index < -0.39 is 20.5 Å². The number of rotatable bonds is 7. The fourth-order valence-electron chi connectivity index (χ4n) is 3.17. The molecule has 1 unspecified atom stereocenters. The summed E-state index contributed by atoms with van der Waals surface area (Å²) < 4.78 is 23.6. The molecule has 1 atom stereocenters. The van der Waals surface area contributed by atoms with Crippen molar-refractivity contribution in [1.29, 1.82) is 0 Å². The Morgan fingerprint density at radius 1 is 1.09 bits per heavy atom. The highest BCUT2D eigenvalue weighted by molar-refractivity contribution is 7.92. The summed E-state index contributed by atoms with van der Waals surface area (Å²) in [5.41, 5.74) is 5.08. The van der Waals surface area contributed by atoms with Crippen LogP contribution >= 0.6 is 0 Å². The van der Waals surface area contributed by atoms with Gasteiger partial charge >= 0.3 is 0 Å². The maximum Gasteiger partial charge on any atom is 0.264 e. The molecule has 32 heavy (non-hydrogen) atoms. The Kier molecular flexibility index (Phi) is 6.56. The molecule has 1 amide bonds. The zero-order valence-corrected chi connectivity index (χ0v) is 18.8. The van der Waals surface area contributed by atoms with E-state index in [0.717, 1.165) is 28.8 Å². The second-order valence-electron chi connectivity index (χ2n) is 7.76. The second-order valence-corrected chi connectivity index (χ2v) is 10.2. The molecule has 0 saturated heterocycles. The number of hydrogen-bond acceptors (Lipinski definition) is 7. The molecule has 168 valence electrons. The Labute approximate surface area is 185 Å². The third-order valence-electron chi connectivity index (χ3n) is 5.52. The van der Waals surface area contributed by atoms with Gasteiger partial charge in [-0.15, -0.1) is 0 Å². The van der Waals surface area contributed by atoms with Crippen LogP contribution in [0.2, 0.25) is 0 Å². The summed E-state index contributed by atoms with van der Waals surface area (Å²) in [6, 6.07) is 10.7. The average molecular weight is 457 g/mol. The minimum absolute atomic E-state index is 0.0128. The van der Waals surface area contributed by atoms with Crippen molar-refractivity contribution in [2.45, 2.75) is 31.6 Å². The lowest BCUT2D eigenvalue weighted by molar-refractivity contribution is -0.131. The molecule has 0 spiro atoms. The molecule has 0 aliphatic rings. The van der Waals surface area contributed by atoms with Gasteiger partial charge in [-0.1, -0.05) is 24.3 Å². The molecule has 2 aromatic heterocycles. The molecule has 0 saturated carbocycles. The molecule has 0 bridgehead atoms. The van der Waals surface area contributed by atoms with E-state index in [2.05, 4.69) is 9.97 Å². The van der Waals surface area contributed by atoms with E-state index in [1.165, 1.54) is 23.0 Å². The Hall–Kier alpha value is -3.37. The van der Waals surface area contributed by atoms with Gasteiger partial charge in [0.15, 0.2) is 14.6 Å². The number of aromatic nitrogens is 3. The van der Waals surface area contributed by atoms with E-state index in [-0.39, 0.29) is 18.5 Å². The van der Waals surface area contributed by atoms with Crippen molar-refractivity contribution in [3.8, 4) is 22.4 Å². The maximum absolute atomic E-state index is 12.6. The molecule has 2 N–H and O–H groups in total. The van der Waals surface area contributed by atoms with Gasteiger partial charge in [0, 0.05) is 36.8 Å². The first-order valence-electron chi connectivity index (χ1n) is 9.79. The summed E-state index contributed by atoms with van der Waals surface area (Å²) in [4.78, 5) is 33.1. The first kappa shape index (κ1) is 23.3. The van der Waals surface area contributed by atoms with Crippen molar-refractivity contribution in [2.24, 2.45) is 0 Å². The van der Waals surface area contributed by atoms with Crippen LogP contribution < -0.4 is 11.0 Å². The zero-order valence-electron chi connectivity index (χ0n) is 17.9. The van der Waals surface area contributed by atoms with Gasteiger partial charge in [0.2, 0.25) is 0 Å². The average Bonchev–Trinajstić information content (AvgIpc) is 2.77. The van der Waals surface area contributed by atoms with Crippen molar-refractivity contribution in [1.82, 2.24) is 20.0 Å². The standard InChI is InChI=1S/C22H24N4O5S/c1-15-13-24-19(14-23-15)17-6-4-16(5-7-17)18-8-10-26(20(27)12-18)11-9-22(2,21(28)25-29)32(3,30)31/h4-8,10,12-14,29H,9,11H2,1-3H3,(H,25,28). The van der Waals surface area contributed by atoms with Gasteiger partial charge in [-0.05, 0) is 37.5 Å². The van der Waals surface area contributed by atoms with Crippen molar-refractivity contribution >= 4 is 15.7 Å². The first-order chi connectivity index (χ1) is 15.0. The molecule has 9 nitrogen and oxygen atoms in total. The Bertz CT molecular complexity index is 1290. The van der Waals surface area contributed by atoms with E-state index >= 15 is 0 Å². The first-order valence-corrected chi connectivity index (χ1v) is 11.7. The van der Waals surface area contributed by atoms with Gasteiger partial charge in [-0.25, -0.2) is 13.9 Å². The Morgan fingerprint density at radius 2 is 1.75 bits per heavy atom. The molecule has 0 fully saturated rings. The number of sulfone groups is 1. The molecule has 3 aromatic rings. The second kappa shape index (κ2) is 9.01. The highest BCUT2D eigenvalue weighted by atomic mass is 32.2. The molecule has 0 radical (unpaired) electrons. The summed E-state index contributed by atoms with van der Waals surface area (Å²) >= 11 is 0. The predicted octanol–water partition coefficient (Wildman–Crippen LogP) is 1.98. The Balaban J connectivity index is 1.80. The van der Waals surface area contributed by atoms with Crippen LogP contribution in [0.3, 0.4) is 0 Å². The Morgan fingerprint density at radius 3 is 2.28 bits per heavy atom. The van der Waals surface area contributed by atoms with Crippen molar-refractivity contribution in [3.05, 3.63) is 71.0 Å². The molecule has 0 aliphatic carbocycles. The molecule has 2 heterocycles. The van der Waals surface area contributed by atoms with Gasteiger partial charge < -0.3 is 4.57 Å². The number of amides is 1. The van der Waals surface area contributed by atoms with Crippen LogP contribution in [0.15, 0.2) is 59.8 Å². The number of hydrogen-bond donors (Lipinski definition) is 2. The number of hydroxylamine groups is 1. The third kappa shape index (κ3) is 4.76. The van der Waals surface area contributed by atoms with Gasteiger partial charge in [0.1, 0.15) is 0 Å². The topological polar surface area (TPSA) is 131 Å². The monoisotopic (exact) mass is 456 g/mol. The quantitative estimate of drug-likeness (QED) is 0.410. The van der Waals surface area contributed by atoms with E-state index in [1.807, 2.05) is 31.2 Å². The molecule has 3 rings (SSSR count). The van der Waals surface area contributed by atoms with Gasteiger partial charge in [-0.2, -0.15) is 0 Å². The van der Waals surface area contributed by atoms with E-state index in [0.29, 0.717) is 5.56 Å². The SMILES string of the molecule is Cc1cnc(-c2ccc(-c3ccn(CCC(C)(C(=O)NO)S(C)(=O)=O)c(=O)c3)cc2)cn1. The number of benzene rings is 1. The third-order valence-corrected chi connectivity index (χ3v) is 7.55. The highest BCUT2D eigenvalue weighted by Gasteiger charge is 2.43. The lowest BCUT2D eigenvalue weighted by Gasteiger charge is -2.25. The molecule has 10 heteroatoms. The van der Waals surface area contributed by atoms with Crippen molar-refractivity contribution in [2.75, 3.05) is 6.26 Å². The molecule has 0 aliphatic heterocycles. The molecule has 1 aromatic carbocycles. The van der Waals surface area contributed by atoms with Crippen LogP contribution in [0, 0.1) is 6.92 Å². The number of aryl methyl sites for hydroxylation is 2. The lowest BCUT2D eigenvalue weighted by Crippen LogP contribution is -2.49. The minimum Gasteiger partial charge on any atom is -0.315 e. The van der Waals surface area contributed by atoms with Gasteiger partial charge in [0.05, 0.1) is 17.6 Å². The van der Waals surface area contributed by atoms with E-state index in [4.69, 9.17) is 5.21 Å². The van der Waals surface area contributed by atoms with Crippen LogP contribution in [0.4, 0.5) is 0 Å². The number of carbonyl (C=O) groups is 1. The van der Waals surface area contributed by atoms with Crippen molar-refractivity contribution < 1.29 is 18.4 Å². The van der Waals surface area contributed by atoms with Gasteiger partial charge in [0.25, 0.3) is 11.5 Å². The summed E-state index contributed by atoms with van der Waals surface area (Å²) in [5, 5.41) is 8.91. The smallest absolute Gasteiger partial charge is 0.264 e. The van der Waals surface area contributed by atoms with Crippen LogP contribution in [0.25, 0.3) is 22.4 Å². The van der Waals surface area contributed by atoms with E-state index in [1.54, 1.807) is 24.7 Å². The lowest BCUT2D eigenvalue weighted by atomic mass is 10.0. The van der Waals surface area contributed by atoms with E-state index in [9.17, 15) is 18.0 Å². The van der Waals surface area contributed by atoms with Crippen LogP contribution in [0.1, 0.15) is 19.0 Å². The largest absolute Gasteiger partial charge is 0.315 e. The van der Waals surface area contributed by atoms with Crippen LogP contribution in [0.5, 0.6) is 0 Å². The minimum atomic E-state index is -3.84. The normalized spacial score (nSPS) is 13.4. The zero-order chi connectivity index (χ0) is 23.5. The summed E-state index contributed by atoms with van der Waals surface area (Å²) in [7, 11) is -3.84. The number of pyridine rings is 1. The fraction of sp³-hybridized carbons (Fsp3) is 0.273. The highest BCUT2D eigenvalue weighted by Crippen LogP contribution is 2.24. The molecular weight excluding hydrogens is 432 g/mol. The number of nitrogens with zero attached hydrogens (tertiary/aromatic N) is 3. The van der Waals surface area contributed by atoms with Crippen LogP contribution in [-0.4, -0.2) is 45.1 Å². The fourth-order valence-corrected chi connectivity index (χ4v) is 4.01. The summed E-state index contributed by atoms with van der Waals surface area (Å²) in [6.07, 6.45) is 5.69. The molecular formula is C22H24N4O5S. The number of carbonyl (C=O) groups excluding carboxylic acids is 1.